The second kappa shape index (κ2) is 7.47. The lowest BCUT2D eigenvalue weighted by Crippen LogP contribution is -2.51. The SMILES string of the molecule is CC(C)c1cc(C(=O)NC2CCCN(C3CCCCC3)C2)no1. The number of carbonyl (C=O) groups is 1. The van der Waals surface area contributed by atoms with Crippen LogP contribution in [-0.2, 0) is 0 Å². The van der Waals surface area contributed by atoms with Gasteiger partial charge in [-0.15, -0.1) is 0 Å². The molecule has 1 aliphatic carbocycles. The number of nitrogens with zero attached hydrogens (tertiary/aromatic N) is 2. The van der Waals surface area contributed by atoms with Crippen molar-refractivity contribution in [3.63, 3.8) is 0 Å². The third kappa shape index (κ3) is 4.14. The molecule has 2 fully saturated rings. The van der Waals surface area contributed by atoms with Gasteiger partial charge in [0.15, 0.2) is 5.69 Å². The van der Waals surface area contributed by atoms with Crippen molar-refractivity contribution in [2.75, 3.05) is 13.1 Å². The van der Waals surface area contributed by atoms with Crippen LogP contribution in [0.2, 0.25) is 0 Å². The Morgan fingerprint density at radius 1 is 1.26 bits per heavy atom. The van der Waals surface area contributed by atoms with E-state index < -0.39 is 0 Å². The minimum Gasteiger partial charge on any atom is -0.360 e. The zero-order valence-corrected chi connectivity index (χ0v) is 14.4. The van der Waals surface area contributed by atoms with Crippen LogP contribution in [0.4, 0.5) is 0 Å². The van der Waals surface area contributed by atoms with E-state index in [1.807, 2.05) is 13.8 Å². The van der Waals surface area contributed by atoms with Crippen LogP contribution >= 0.6 is 0 Å². The maximum atomic E-state index is 12.4. The van der Waals surface area contributed by atoms with Gasteiger partial charge in [0.1, 0.15) is 5.76 Å². The number of likely N-dealkylation sites (tertiary alicyclic amines) is 1. The number of rotatable bonds is 4. The van der Waals surface area contributed by atoms with Crippen LogP contribution in [0.25, 0.3) is 0 Å². The standard InChI is InChI=1S/C18H29N3O2/c1-13(2)17-11-16(20-23-17)18(22)19-14-7-6-10-21(12-14)15-8-4-3-5-9-15/h11,13-15H,3-10,12H2,1-2H3,(H,19,22). The van der Waals surface area contributed by atoms with Crippen molar-refractivity contribution >= 4 is 5.91 Å². The number of nitrogens with one attached hydrogen (secondary N) is 1. The Morgan fingerprint density at radius 3 is 2.74 bits per heavy atom. The molecule has 1 amide bonds. The van der Waals surface area contributed by atoms with Gasteiger partial charge >= 0.3 is 0 Å². The molecular formula is C18H29N3O2. The van der Waals surface area contributed by atoms with Crippen LogP contribution in [0.1, 0.15) is 81.0 Å². The Kier molecular flexibility index (Phi) is 5.36. The minimum absolute atomic E-state index is 0.101. The fourth-order valence-corrected chi connectivity index (χ4v) is 3.83. The van der Waals surface area contributed by atoms with Crippen molar-refractivity contribution in [2.45, 2.75) is 76.8 Å². The van der Waals surface area contributed by atoms with Crippen LogP contribution in [0.15, 0.2) is 10.6 Å². The molecule has 1 aromatic rings. The molecule has 128 valence electrons. The molecule has 1 N–H and O–H groups in total. The molecule has 1 aliphatic heterocycles. The highest BCUT2D eigenvalue weighted by Gasteiger charge is 2.28. The van der Waals surface area contributed by atoms with Gasteiger partial charge in [-0.2, -0.15) is 0 Å². The van der Waals surface area contributed by atoms with Crippen molar-refractivity contribution in [3.05, 3.63) is 17.5 Å². The number of carbonyl (C=O) groups excluding carboxylic acids is 1. The zero-order valence-electron chi connectivity index (χ0n) is 14.4. The molecule has 1 aromatic heterocycles. The quantitative estimate of drug-likeness (QED) is 0.925. The van der Waals surface area contributed by atoms with Crippen LogP contribution < -0.4 is 5.32 Å². The van der Waals surface area contributed by atoms with Crippen molar-refractivity contribution in [2.24, 2.45) is 0 Å². The Balaban J connectivity index is 1.55. The fourth-order valence-electron chi connectivity index (χ4n) is 3.83. The summed E-state index contributed by atoms with van der Waals surface area (Å²) in [4.78, 5) is 15.0. The predicted molar refractivity (Wildman–Crippen MR) is 89.5 cm³/mol. The predicted octanol–water partition coefficient (Wildman–Crippen LogP) is 3.32. The molecule has 1 saturated carbocycles. The average Bonchev–Trinajstić information content (AvgIpc) is 3.06. The number of aromatic nitrogens is 1. The zero-order chi connectivity index (χ0) is 16.2. The van der Waals surface area contributed by atoms with E-state index in [2.05, 4.69) is 15.4 Å². The highest BCUT2D eigenvalue weighted by atomic mass is 16.5. The van der Waals surface area contributed by atoms with Gasteiger partial charge in [-0.25, -0.2) is 0 Å². The Morgan fingerprint density at radius 2 is 2.04 bits per heavy atom. The third-order valence-corrected chi connectivity index (χ3v) is 5.21. The molecule has 0 aromatic carbocycles. The van der Waals surface area contributed by atoms with E-state index >= 15 is 0 Å². The summed E-state index contributed by atoms with van der Waals surface area (Å²) in [6.45, 7) is 6.22. The first-order valence-corrected chi connectivity index (χ1v) is 9.15. The molecule has 0 spiro atoms. The molecule has 1 unspecified atom stereocenters. The van der Waals surface area contributed by atoms with Gasteiger partial charge in [0.2, 0.25) is 0 Å². The number of hydrogen-bond donors (Lipinski definition) is 1. The van der Waals surface area contributed by atoms with E-state index in [0.717, 1.165) is 31.2 Å². The van der Waals surface area contributed by atoms with Crippen molar-refractivity contribution in [1.29, 1.82) is 0 Å². The Bertz CT molecular complexity index is 520. The van der Waals surface area contributed by atoms with Gasteiger partial charge in [0, 0.05) is 30.6 Å². The molecule has 5 nitrogen and oxygen atoms in total. The molecule has 5 heteroatoms. The summed E-state index contributed by atoms with van der Waals surface area (Å²) in [5, 5.41) is 7.06. The minimum atomic E-state index is -0.101. The molecule has 23 heavy (non-hydrogen) atoms. The molecule has 2 heterocycles. The van der Waals surface area contributed by atoms with Gasteiger partial charge in [0.05, 0.1) is 0 Å². The van der Waals surface area contributed by atoms with Crippen LogP contribution in [0, 0.1) is 0 Å². The van der Waals surface area contributed by atoms with Gasteiger partial charge in [0.25, 0.3) is 5.91 Å². The second-order valence-electron chi connectivity index (χ2n) is 7.37. The summed E-state index contributed by atoms with van der Waals surface area (Å²) in [5.74, 6) is 0.916. The number of amides is 1. The van der Waals surface area contributed by atoms with E-state index in [4.69, 9.17) is 4.52 Å². The van der Waals surface area contributed by atoms with Crippen LogP contribution in [-0.4, -0.2) is 41.1 Å². The van der Waals surface area contributed by atoms with E-state index in [1.165, 1.54) is 38.6 Å². The number of piperidine rings is 1. The Hall–Kier alpha value is -1.36. The Labute approximate surface area is 138 Å². The molecule has 3 rings (SSSR count). The first-order valence-electron chi connectivity index (χ1n) is 9.15. The fraction of sp³-hybridized carbons (Fsp3) is 0.778. The van der Waals surface area contributed by atoms with Crippen molar-refractivity contribution in [1.82, 2.24) is 15.4 Å². The molecule has 0 bridgehead atoms. The van der Waals surface area contributed by atoms with Gasteiger partial charge < -0.3 is 9.84 Å². The van der Waals surface area contributed by atoms with Gasteiger partial charge in [-0.3, -0.25) is 9.69 Å². The maximum Gasteiger partial charge on any atom is 0.273 e. The van der Waals surface area contributed by atoms with E-state index in [9.17, 15) is 4.79 Å². The van der Waals surface area contributed by atoms with Crippen LogP contribution in [0.5, 0.6) is 0 Å². The van der Waals surface area contributed by atoms with Crippen LogP contribution in [0.3, 0.4) is 0 Å². The molecular weight excluding hydrogens is 290 g/mol. The largest absolute Gasteiger partial charge is 0.360 e. The first kappa shape index (κ1) is 16.5. The van der Waals surface area contributed by atoms with E-state index in [1.54, 1.807) is 6.07 Å². The van der Waals surface area contributed by atoms with E-state index in [-0.39, 0.29) is 17.9 Å². The maximum absolute atomic E-state index is 12.4. The topological polar surface area (TPSA) is 58.4 Å². The summed E-state index contributed by atoms with van der Waals surface area (Å²) in [5.41, 5.74) is 0.406. The summed E-state index contributed by atoms with van der Waals surface area (Å²) in [6, 6.07) is 2.72. The monoisotopic (exact) mass is 319 g/mol. The average molecular weight is 319 g/mol. The highest BCUT2D eigenvalue weighted by Crippen LogP contribution is 2.25. The first-order chi connectivity index (χ1) is 11.1. The highest BCUT2D eigenvalue weighted by molar-refractivity contribution is 5.92. The van der Waals surface area contributed by atoms with E-state index in [0.29, 0.717) is 5.69 Å². The number of hydrogen-bond acceptors (Lipinski definition) is 4. The van der Waals surface area contributed by atoms with Crippen molar-refractivity contribution in [3.8, 4) is 0 Å². The summed E-state index contributed by atoms with van der Waals surface area (Å²) < 4.78 is 5.23. The second-order valence-corrected chi connectivity index (χ2v) is 7.37. The summed E-state index contributed by atoms with van der Waals surface area (Å²) in [6.07, 6.45) is 8.96. The molecule has 0 radical (unpaired) electrons. The lowest BCUT2D eigenvalue weighted by atomic mass is 9.92. The lowest BCUT2D eigenvalue weighted by molar-refractivity contribution is 0.0828. The van der Waals surface area contributed by atoms with Gasteiger partial charge in [-0.05, 0) is 32.2 Å². The smallest absolute Gasteiger partial charge is 0.273 e. The van der Waals surface area contributed by atoms with Crippen molar-refractivity contribution < 1.29 is 9.32 Å². The molecule has 1 atom stereocenters. The molecule has 2 aliphatic rings. The lowest BCUT2D eigenvalue weighted by Gasteiger charge is -2.40. The third-order valence-electron chi connectivity index (χ3n) is 5.21. The summed E-state index contributed by atoms with van der Waals surface area (Å²) >= 11 is 0. The van der Waals surface area contributed by atoms with Gasteiger partial charge in [-0.1, -0.05) is 38.3 Å². The normalized spacial score (nSPS) is 24.0. The molecule has 1 saturated heterocycles. The summed E-state index contributed by atoms with van der Waals surface area (Å²) in [7, 11) is 0.